The number of aryl methyl sites for hydroxylation is 1. The Morgan fingerprint density at radius 3 is 2.87 bits per heavy atom. The molecule has 2 aromatic rings. The van der Waals surface area contributed by atoms with Gasteiger partial charge in [0.1, 0.15) is 5.75 Å². The van der Waals surface area contributed by atoms with Gasteiger partial charge in [-0.2, -0.15) is 0 Å². The number of nitrogens with zero attached hydrogens (tertiary/aromatic N) is 1. The average Bonchev–Trinajstić information content (AvgIpc) is 2.23. The van der Waals surface area contributed by atoms with Gasteiger partial charge in [0.2, 0.25) is 0 Å². The van der Waals surface area contributed by atoms with Crippen molar-refractivity contribution in [3.05, 3.63) is 59.4 Å². The second kappa shape index (κ2) is 3.09. The highest BCUT2D eigenvalue weighted by atomic mass is 16.5. The summed E-state index contributed by atoms with van der Waals surface area (Å²) in [5.74, 6) is 1.02. The van der Waals surface area contributed by atoms with Crippen molar-refractivity contribution in [2.45, 2.75) is 13.0 Å². The number of fused-ring (bicyclic) bond motifs is 1. The highest BCUT2D eigenvalue weighted by molar-refractivity contribution is 5.50. The highest BCUT2D eigenvalue weighted by Crippen LogP contribution is 2.44. The van der Waals surface area contributed by atoms with Crippen molar-refractivity contribution in [1.29, 1.82) is 0 Å². The molecule has 0 spiro atoms. The standard InChI is InChI=1S/C13H11NO/c1-9-5-4-6-10-12(9)15-13(10)11-7-2-3-8-14-11/h2-8,13H,1H3. The lowest BCUT2D eigenvalue weighted by Crippen LogP contribution is -2.22. The van der Waals surface area contributed by atoms with Crippen molar-refractivity contribution in [3.8, 4) is 5.75 Å². The van der Waals surface area contributed by atoms with Crippen LogP contribution in [0.2, 0.25) is 0 Å². The average molecular weight is 197 g/mol. The van der Waals surface area contributed by atoms with E-state index in [1.807, 2.05) is 18.2 Å². The van der Waals surface area contributed by atoms with Gasteiger partial charge < -0.3 is 4.74 Å². The number of benzene rings is 1. The zero-order valence-electron chi connectivity index (χ0n) is 8.47. The van der Waals surface area contributed by atoms with Crippen LogP contribution in [-0.4, -0.2) is 4.98 Å². The third-order valence-electron chi connectivity index (χ3n) is 2.72. The lowest BCUT2D eigenvalue weighted by molar-refractivity contribution is 0.179. The number of pyridine rings is 1. The monoisotopic (exact) mass is 197 g/mol. The molecule has 0 N–H and O–H groups in total. The summed E-state index contributed by atoms with van der Waals surface area (Å²) in [4.78, 5) is 4.30. The van der Waals surface area contributed by atoms with Crippen LogP contribution in [0.15, 0.2) is 42.6 Å². The number of hydrogen-bond donors (Lipinski definition) is 0. The SMILES string of the molecule is Cc1cccc2c1OC2c1ccccn1. The molecule has 1 aromatic heterocycles. The first-order chi connectivity index (χ1) is 7.36. The van der Waals surface area contributed by atoms with Gasteiger partial charge in [0.15, 0.2) is 6.10 Å². The van der Waals surface area contributed by atoms with E-state index < -0.39 is 0 Å². The van der Waals surface area contributed by atoms with Crippen molar-refractivity contribution in [2.75, 3.05) is 0 Å². The fraction of sp³-hybridized carbons (Fsp3) is 0.154. The predicted molar refractivity (Wildman–Crippen MR) is 57.9 cm³/mol. The number of hydrogen-bond acceptors (Lipinski definition) is 2. The van der Waals surface area contributed by atoms with Crippen LogP contribution >= 0.6 is 0 Å². The molecular weight excluding hydrogens is 186 g/mol. The van der Waals surface area contributed by atoms with Gasteiger partial charge in [-0.25, -0.2) is 0 Å². The Morgan fingerprint density at radius 1 is 1.13 bits per heavy atom. The first-order valence-corrected chi connectivity index (χ1v) is 5.03. The van der Waals surface area contributed by atoms with Gasteiger partial charge in [0, 0.05) is 11.8 Å². The van der Waals surface area contributed by atoms with E-state index in [9.17, 15) is 0 Å². The van der Waals surface area contributed by atoms with Crippen LogP contribution in [0.4, 0.5) is 0 Å². The largest absolute Gasteiger partial charge is 0.478 e. The normalized spacial score (nSPS) is 17.5. The molecule has 0 saturated carbocycles. The van der Waals surface area contributed by atoms with Crippen molar-refractivity contribution >= 4 is 0 Å². The summed E-state index contributed by atoms with van der Waals surface area (Å²) in [6.45, 7) is 2.06. The predicted octanol–water partition coefficient (Wildman–Crippen LogP) is 2.87. The molecule has 1 unspecified atom stereocenters. The maximum absolute atomic E-state index is 5.74. The van der Waals surface area contributed by atoms with Crippen molar-refractivity contribution < 1.29 is 4.74 Å². The van der Waals surface area contributed by atoms with E-state index in [0.29, 0.717) is 0 Å². The molecule has 0 aliphatic carbocycles. The highest BCUT2D eigenvalue weighted by Gasteiger charge is 2.31. The van der Waals surface area contributed by atoms with Gasteiger partial charge in [-0.15, -0.1) is 0 Å². The van der Waals surface area contributed by atoms with Crippen molar-refractivity contribution in [3.63, 3.8) is 0 Å². The van der Waals surface area contributed by atoms with Gasteiger partial charge in [-0.3, -0.25) is 4.98 Å². The molecule has 1 aliphatic heterocycles. The van der Waals surface area contributed by atoms with E-state index in [0.717, 1.165) is 11.4 Å². The molecule has 2 heteroatoms. The van der Waals surface area contributed by atoms with Gasteiger partial charge in [-0.1, -0.05) is 24.3 Å². The van der Waals surface area contributed by atoms with Gasteiger partial charge in [0.25, 0.3) is 0 Å². The lowest BCUT2D eigenvalue weighted by atomic mass is 9.97. The van der Waals surface area contributed by atoms with Gasteiger partial charge >= 0.3 is 0 Å². The summed E-state index contributed by atoms with van der Waals surface area (Å²) < 4.78 is 5.74. The molecule has 0 fully saturated rings. The topological polar surface area (TPSA) is 22.1 Å². The van der Waals surface area contributed by atoms with Crippen LogP contribution in [0, 0.1) is 6.92 Å². The molecule has 15 heavy (non-hydrogen) atoms. The van der Waals surface area contributed by atoms with Gasteiger partial charge in [-0.05, 0) is 24.6 Å². The Morgan fingerprint density at radius 2 is 2.07 bits per heavy atom. The number of aromatic nitrogens is 1. The maximum atomic E-state index is 5.74. The minimum absolute atomic E-state index is 0.0288. The summed E-state index contributed by atoms with van der Waals surface area (Å²) in [6, 6.07) is 12.1. The Hall–Kier alpha value is -1.83. The number of ether oxygens (including phenoxy) is 1. The fourth-order valence-corrected chi connectivity index (χ4v) is 1.92. The molecular formula is C13H11NO. The number of para-hydroxylation sites is 1. The van der Waals surface area contributed by atoms with Gasteiger partial charge in [0.05, 0.1) is 5.69 Å². The molecule has 0 amide bonds. The number of rotatable bonds is 1. The zero-order valence-corrected chi connectivity index (χ0v) is 8.47. The molecule has 2 heterocycles. The molecule has 74 valence electrons. The molecule has 2 nitrogen and oxygen atoms in total. The van der Waals surface area contributed by atoms with E-state index in [2.05, 4.69) is 30.1 Å². The quantitative estimate of drug-likeness (QED) is 0.701. The van der Waals surface area contributed by atoms with Crippen molar-refractivity contribution in [1.82, 2.24) is 4.98 Å². The summed E-state index contributed by atoms with van der Waals surface area (Å²) in [5.41, 5.74) is 3.42. The van der Waals surface area contributed by atoms with Crippen LogP contribution < -0.4 is 4.74 Å². The molecule has 0 bridgehead atoms. The summed E-state index contributed by atoms with van der Waals surface area (Å²) in [5, 5.41) is 0. The smallest absolute Gasteiger partial charge is 0.169 e. The summed E-state index contributed by atoms with van der Waals surface area (Å²) in [7, 11) is 0. The Balaban J connectivity index is 2.02. The second-order valence-corrected chi connectivity index (χ2v) is 3.75. The first-order valence-electron chi connectivity index (χ1n) is 5.03. The Kier molecular flexibility index (Phi) is 1.75. The first kappa shape index (κ1) is 8.48. The van der Waals surface area contributed by atoms with E-state index >= 15 is 0 Å². The van der Waals surface area contributed by atoms with E-state index in [4.69, 9.17) is 4.74 Å². The van der Waals surface area contributed by atoms with E-state index in [1.165, 1.54) is 11.1 Å². The van der Waals surface area contributed by atoms with Crippen LogP contribution in [0.25, 0.3) is 0 Å². The van der Waals surface area contributed by atoms with Crippen LogP contribution in [0.1, 0.15) is 22.9 Å². The maximum Gasteiger partial charge on any atom is 0.169 e. The minimum Gasteiger partial charge on any atom is -0.478 e. The molecule has 1 aromatic carbocycles. The lowest BCUT2D eigenvalue weighted by Gasteiger charge is -2.31. The summed E-state index contributed by atoms with van der Waals surface area (Å²) >= 11 is 0. The molecule has 3 rings (SSSR count). The molecule has 0 radical (unpaired) electrons. The molecule has 1 atom stereocenters. The molecule has 1 aliphatic rings. The minimum atomic E-state index is 0.0288. The third kappa shape index (κ3) is 1.22. The van der Waals surface area contributed by atoms with Crippen LogP contribution in [-0.2, 0) is 0 Å². The molecule has 0 saturated heterocycles. The Bertz CT molecular complexity index is 493. The van der Waals surface area contributed by atoms with E-state index in [-0.39, 0.29) is 6.10 Å². The van der Waals surface area contributed by atoms with Crippen molar-refractivity contribution in [2.24, 2.45) is 0 Å². The second-order valence-electron chi connectivity index (χ2n) is 3.75. The van der Waals surface area contributed by atoms with E-state index in [1.54, 1.807) is 6.20 Å². The Labute approximate surface area is 88.5 Å². The van der Waals surface area contributed by atoms with Crippen LogP contribution in [0.5, 0.6) is 5.75 Å². The summed E-state index contributed by atoms with van der Waals surface area (Å²) in [6.07, 6.45) is 1.83. The van der Waals surface area contributed by atoms with Crippen LogP contribution in [0.3, 0.4) is 0 Å². The fourth-order valence-electron chi connectivity index (χ4n) is 1.92. The third-order valence-corrected chi connectivity index (χ3v) is 2.72. The zero-order chi connectivity index (χ0) is 10.3.